The fourth-order valence-corrected chi connectivity index (χ4v) is 2.12. The molecular formula is C12H20N2O2S. The Bertz CT molecular complexity index is 369. The molecule has 0 fully saturated rings. The van der Waals surface area contributed by atoms with Gasteiger partial charge >= 0.3 is 5.97 Å². The van der Waals surface area contributed by atoms with Crippen molar-refractivity contribution < 1.29 is 9.53 Å². The molecule has 1 heterocycles. The molecule has 0 spiro atoms. The Morgan fingerprint density at radius 1 is 1.53 bits per heavy atom. The van der Waals surface area contributed by atoms with E-state index in [2.05, 4.69) is 5.10 Å². The van der Waals surface area contributed by atoms with Crippen LogP contribution in [0.2, 0.25) is 0 Å². The number of aromatic nitrogens is 2. The van der Waals surface area contributed by atoms with Gasteiger partial charge in [-0.1, -0.05) is 0 Å². The summed E-state index contributed by atoms with van der Waals surface area (Å²) < 4.78 is 7.01. The Morgan fingerprint density at radius 3 is 2.76 bits per heavy atom. The Kier molecular flexibility index (Phi) is 5.05. The third-order valence-electron chi connectivity index (χ3n) is 1.90. The van der Waals surface area contributed by atoms with Gasteiger partial charge in [0.2, 0.25) is 0 Å². The molecule has 0 radical (unpaired) electrons. The van der Waals surface area contributed by atoms with Gasteiger partial charge in [-0.25, -0.2) is 0 Å². The quantitative estimate of drug-likeness (QED) is 0.599. The molecule has 0 saturated carbocycles. The normalized spacial score (nSPS) is 11.5. The van der Waals surface area contributed by atoms with Crippen LogP contribution in [-0.4, -0.2) is 27.1 Å². The van der Waals surface area contributed by atoms with Crippen LogP contribution in [0.5, 0.6) is 0 Å². The average molecular weight is 256 g/mol. The van der Waals surface area contributed by atoms with E-state index in [0.29, 0.717) is 6.42 Å². The van der Waals surface area contributed by atoms with E-state index in [4.69, 9.17) is 4.74 Å². The second-order valence-electron chi connectivity index (χ2n) is 4.91. The number of aryl methyl sites for hydroxylation is 1. The Morgan fingerprint density at radius 2 is 2.24 bits per heavy atom. The lowest BCUT2D eigenvalue weighted by atomic mass is 10.2. The molecule has 0 aliphatic rings. The zero-order valence-corrected chi connectivity index (χ0v) is 11.7. The highest BCUT2D eigenvalue weighted by Crippen LogP contribution is 2.14. The van der Waals surface area contributed by atoms with Crippen LogP contribution in [0.15, 0.2) is 12.4 Å². The van der Waals surface area contributed by atoms with Crippen LogP contribution >= 0.6 is 11.8 Å². The number of thioether (sulfide) groups is 1. The molecule has 0 unspecified atom stereocenters. The zero-order valence-electron chi connectivity index (χ0n) is 10.9. The molecule has 0 saturated heterocycles. The molecule has 0 aliphatic carbocycles. The summed E-state index contributed by atoms with van der Waals surface area (Å²) in [6.07, 6.45) is 4.29. The van der Waals surface area contributed by atoms with E-state index < -0.39 is 0 Å². The highest BCUT2D eigenvalue weighted by molar-refractivity contribution is 7.98. The summed E-state index contributed by atoms with van der Waals surface area (Å²) in [5, 5.41) is 4.09. The van der Waals surface area contributed by atoms with Gasteiger partial charge in [-0.2, -0.15) is 16.9 Å². The SMILES string of the molecule is Cn1cc(CSCCC(=O)OC(C)(C)C)cn1. The van der Waals surface area contributed by atoms with Crippen LogP contribution in [0.25, 0.3) is 0 Å². The van der Waals surface area contributed by atoms with Crippen molar-refractivity contribution in [2.75, 3.05) is 5.75 Å². The Labute approximate surface area is 107 Å². The topological polar surface area (TPSA) is 44.1 Å². The first-order chi connectivity index (χ1) is 7.87. The van der Waals surface area contributed by atoms with Crippen molar-refractivity contribution in [1.82, 2.24) is 9.78 Å². The van der Waals surface area contributed by atoms with E-state index in [9.17, 15) is 4.79 Å². The number of carbonyl (C=O) groups is 1. The number of hydrogen-bond acceptors (Lipinski definition) is 4. The minimum absolute atomic E-state index is 0.129. The standard InChI is InChI=1S/C12H20N2O2S/c1-12(2,3)16-11(15)5-6-17-9-10-7-13-14(4)8-10/h7-8H,5-6,9H2,1-4H3. The third kappa shape index (κ3) is 6.36. The van der Waals surface area contributed by atoms with Crippen LogP contribution in [0.1, 0.15) is 32.8 Å². The molecule has 5 heteroatoms. The fourth-order valence-electron chi connectivity index (χ4n) is 1.28. The fraction of sp³-hybridized carbons (Fsp3) is 0.667. The van der Waals surface area contributed by atoms with E-state index in [1.165, 1.54) is 5.56 Å². The Balaban J connectivity index is 2.14. The highest BCUT2D eigenvalue weighted by atomic mass is 32.2. The molecule has 1 aromatic rings. The van der Waals surface area contributed by atoms with Gasteiger partial charge in [-0.15, -0.1) is 0 Å². The van der Waals surface area contributed by atoms with Crippen molar-refractivity contribution in [3.05, 3.63) is 18.0 Å². The number of carbonyl (C=O) groups excluding carboxylic acids is 1. The van der Waals surface area contributed by atoms with Gasteiger partial charge in [-0.3, -0.25) is 9.48 Å². The maximum Gasteiger partial charge on any atom is 0.307 e. The number of rotatable bonds is 5. The van der Waals surface area contributed by atoms with Crippen molar-refractivity contribution in [2.45, 2.75) is 38.5 Å². The number of ether oxygens (including phenoxy) is 1. The monoisotopic (exact) mass is 256 g/mol. The molecule has 0 N–H and O–H groups in total. The predicted octanol–water partition coefficient (Wildman–Crippen LogP) is 2.39. The molecule has 96 valence electrons. The lowest BCUT2D eigenvalue weighted by molar-refractivity contribution is -0.154. The van der Waals surface area contributed by atoms with Gasteiger partial charge in [-0.05, 0) is 26.3 Å². The maximum atomic E-state index is 11.4. The summed E-state index contributed by atoms with van der Waals surface area (Å²) in [4.78, 5) is 11.4. The molecule has 0 bridgehead atoms. The summed E-state index contributed by atoms with van der Waals surface area (Å²) in [5.41, 5.74) is 0.798. The second kappa shape index (κ2) is 6.10. The lowest BCUT2D eigenvalue weighted by Gasteiger charge is -2.19. The molecule has 0 aromatic carbocycles. The minimum Gasteiger partial charge on any atom is -0.460 e. The number of nitrogens with zero attached hydrogens (tertiary/aromatic N) is 2. The smallest absolute Gasteiger partial charge is 0.307 e. The van der Waals surface area contributed by atoms with E-state index in [0.717, 1.165) is 11.5 Å². The maximum absolute atomic E-state index is 11.4. The first-order valence-electron chi connectivity index (χ1n) is 5.64. The number of hydrogen-bond donors (Lipinski definition) is 0. The summed E-state index contributed by atoms with van der Waals surface area (Å²) >= 11 is 1.72. The van der Waals surface area contributed by atoms with Crippen LogP contribution in [-0.2, 0) is 22.3 Å². The summed E-state index contributed by atoms with van der Waals surface area (Å²) in [7, 11) is 1.90. The van der Waals surface area contributed by atoms with E-state index >= 15 is 0 Å². The van der Waals surface area contributed by atoms with Crippen molar-refractivity contribution in [1.29, 1.82) is 0 Å². The zero-order chi connectivity index (χ0) is 12.9. The van der Waals surface area contributed by atoms with Crippen LogP contribution in [0.4, 0.5) is 0 Å². The van der Waals surface area contributed by atoms with E-state index in [1.54, 1.807) is 16.4 Å². The van der Waals surface area contributed by atoms with Crippen molar-refractivity contribution in [2.24, 2.45) is 7.05 Å². The average Bonchev–Trinajstić information content (AvgIpc) is 2.56. The van der Waals surface area contributed by atoms with Gasteiger partial charge in [0.25, 0.3) is 0 Å². The van der Waals surface area contributed by atoms with Crippen molar-refractivity contribution in [3.8, 4) is 0 Å². The predicted molar refractivity (Wildman–Crippen MR) is 69.8 cm³/mol. The summed E-state index contributed by atoms with van der Waals surface area (Å²) in [5.74, 6) is 1.54. The third-order valence-corrected chi connectivity index (χ3v) is 2.93. The first-order valence-corrected chi connectivity index (χ1v) is 6.79. The molecule has 17 heavy (non-hydrogen) atoms. The van der Waals surface area contributed by atoms with E-state index in [1.807, 2.05) is 40.2 Å². The molecule has 0 atom stereocenters. The van der Waals surface area contributed by atoms with Crippen LogP contribution in [0.3, 0.4) is 0 Å². The molecule has 1 rings (SSSR count). The van der Waals surface area contributed by atoms with Gasteiger partial charge < -0.3 is 4.74 Å². The molecular weight excluding hydrogens is 236 g/mol. The molecule has 0 aliphatic heterocycles. The van der Waals surface area contributed by atoms with E-state index in [-0.39, 0.29) is 11.6 Å². The molecule has 4 nitrogen and oxygen atoms in total. The largest absolute Gasteiger partial charge is 0.460 e. The highest BCUT2D eigenvalue weighted by Gasteiger charge is 2.15. The van der Waals surface area contributed by atoms with Gasteiger partial charge in [0.1, 0.15) is 5.60 Å². The first kappa shape index (κ1) is 14.1. The van der Waals surface area contributed by atoms with Crippen LogP contribution < -0.4 is 0 Å². The summed E-state index contributed by atoms with van der Waals surface area (Å²) in [6, 6.07) is 0. The van der Waals surface area contributed by atoms with Gasteiger partial charge in [0, 0.05) is 24.8 Å². The molecule has 0 amide bonds. The minimum atomic E-state index is -0.384. The number of esters is 1. The van der Waals surface area contributed by atoms with Gasteiger partial charge in [0.05, 0.1) is 12.6 Å². The van der Waals surface area contributed by atoms with Crippen molar-refractivity contribution in [3.63, 3.8) is 0 Å². The van der Waals surface area contributed by atoms with Crippen molar-refractivity contribution >= 4 is 17.7 Å². The lowest BCUT2D eigenvalue weighted by Crippen LogP contribution is -2.24. The second-order valence-corrected chi connectivity index (χ2v) is 6.02. The van der Waals surface area contributed by atoms with Gasteiger partial charge in [0.15, 0.2) is 0 Å². The molecule has 1 aromatic heterocycles. The summed E-state index contributed by atoms with van der Waals surface area (Å²) in [6.45, 7) is 5.65. The Hall–Kier alpha value is -0.970. The van der Waals surface area contributed by atoms with Crippen LogP contribution in [0, 0.1) is 0 Å².